The second-order valence-corrected chi connectivity index (χ2v) is 5.10. The largest absolute Gasteiger partial charge is 0.623 e. The Kier molecular flexibility index (Phi) is 4.14. The number of nitrogens with zero attached hydrogens (tertiary/aromatic N) is 2. The smallest absolute Gasteiger partial charge is 0.274 e. The van der Waals surface area contributed by atoms with E-state index in [1.54, 1.807) is 0 Å². The van der Waals surface area contributed by atoms with Crippen molar-refractivity contribution in [3.05, 3.63) is 50.7 Å². The van der Waals surface area contributed by atoms with Crippen molar-refractivity contribution in [2.45, 2.75) is 44.7 Å². The van der Waals surface area contributed by atoms with Gasteiger partial charge in [-0.3, -0.25) is 10.1 Å². The van der Waals surface area contributed by atoms with Gasteiger partial charge < -0.3 is 5.21 Å². The van der Waals surface area contributed by atoms with Crippen LogP contribution in [-0.2, 0) is 0 Å². The molecule has 1 fully saturated rings. The lowest BCUT2D eigenvalue weighted by Crippen LogP contribution is -2.42. The van der Waals surface area contributed by atoms with Crippen LogP contribution in [0.5, 0.6) is 0 Å². The summed E-state index contributed by atoms with van der Waals surface area (Å²) in [5.41, 5.74) is 1.91. The minimum absolute atomic E-state index is 0.308. The number of rotatable bonds is 3. The second kappa shape index (κ2) is 5.82. The molecule has 1 aliphatic rings. The SMILES string of the molecule is Cc1ccc(/C=[N+](\[O-])C2CCCCC2[N+](=O)[O-])cc1. The zero-order valence-corrected chi connectivity index (χ0v) is 11.0. The van der Waals surface area contributed by atoms with Crippen LogP contribution in [0.2, 0.25) is 0 Å². The first-order valence-electron chi connectivity index (χ1n) is 6.58. The predicted molar refractivity (Wildman–Crippen MR) is 73.0 cm³/mol. The van der Waals surface area contributed by atoms with E-state index >= 15 is 0 Å². The van der Waals surface area contributed by atoms with Crippen molar-refractivity contribution in [3.8, 4) is 0 Å². The third-order valence-corrected chi connectivity index (χ3v) is 3.65. The van der Waals surface area contributed by atoms with Gasteiger partial charge in [-0.15, -0.1) is 0 Å². The van der Waals surface area contributed by atoms with E-state index in [0.29, 0.717) is 12.8 Å². The average molecular weight is 262 g/mol. The van der Waals surface area contributed by atoms with E-state index in [0.717, 1.165) is 28.7 Å². The third-order valence-electron chi connectivity index (χ3n) is 3.65. The average Bonchev–Trinajstić information content (AvgIpc) is 2.41. The van der Waals surface area contributed by atoms with Crippen LogP contribution in [0.15, 0.2) is 24.3 Å². The normalized spacial score (nSPS) is 24.2. The fraction of sp³-hybridized carbons (Fsp3) is 0.500. The number of nitro groups is 1. The Balaban J connectivity index is 2.18. The van der Waals surface area contributed by atoms with Crippen molar-refractivity contribution in [1.82, 2.24) is 0 Å². The Labute approximate surface area is 112 Å². The van der Waals surface area contributed by atoms with Gasteiger partial charge in [0.05, 0.1) is 0 Å². The van der Waals surface area contributed by atoms with E-state index < -0.39 is 12.1 Å². The maximum absolute atomic E-state index is 12.1. The van der Waals surface area contributed by atoms with Crippen LogP contribution < -0.4 is 0 Å². The molecule has 2 atom stereocenters. The number of hydrogen-bond acceptors (Lipinski definition) is 3. The first-order valence-corrected chi connectivity index (χ1v) is 6.58. The molecular weight excluding hydrogens is 244 g/mol. The molecule has 102 valence electrons. The molecule has 5 nitrogen and oxygen atoms in total. The Morgan fingerprint density at radius 2 is 1.68 bits per heavy atom. The fourth-order valence-corrected chi connectivity index (χ4v) is 2.53. The lowest BCUT2D eigenvalue weighted by molar-refractivity contribution is -0.610. The number of aryl methyl sites for hydroxylation is 1. The van der Waals surface area contributed by atoms with Gasteiger partial charge in [-0.25, -0.2) is 4.74 Å². The standard InChI is InChI=1S/C14H18N2O3/c1-11-6-8-12(9-7-11)10-15(17)13-4-2-3-5-14(13)16(18)19/h6-10,13-14H,2-5H2,1H3/b15-10-. The molecule has 1 aromatic carbocycles. The van der Waals surface area contributed by atoms with Gasteiger partial charge in [-0.2, -0.15) is 0 Å². The number of hydroxylamine groups is 1. The lowest BCUT2D eigenvalue weighted by atomic mass is 9.91. The highest BCUT2D eigenvalue weighted by Crippen LogP contribution is 2.23. The minimum atomic E-state index is -0.743. The number of hydrogen-bond donors (Lipinski definition) is 0. The van der Waals surface area contributed by atoms with Gasteiger partial charge in [-0.1, -0.05) is 17.7 Å². The van der Waals surface area contributed by atoms with Gasteiger partial charge in [0.2, 0.25) is 6.04 Å². The molecule has 5 heteroatoms. The topological polar surface area (TPSA) is 69.2 Å². The molecule has 0 bridgehead atoms. The van der Waals surface area contributed by atoms with Gasteiger partial charge >= 0.3 is 0 Å². The summed E-state index contributed by atoms with van der Waals surface area (Å²) in [6.07, 6.45) is 4.28. The maximum atomic E-state index is 12.1. The molecule has 0 aliphatic heterocycles. The van der Waals surface area contributed by atoms with Crippen LogP contribution >= 0.6 is 0 Å². The predicted octanol–water partition coefficient (Wildman–Crippen LogP) is 2.51. The zero-order chi connectivity index (χ0) is 13.8. The molecule has 2 rings (SSSR count). The van der Waals surface area contributed by atoms with Crippen molar-refractivity contribution in [2.24, 2.45) is 0 Å². The summed E-state index contributed by atoms with van der Waals surface area (Å²) in [7, 11) is 0. The van der Waals surface area contributed by atoms with Crippen molar-refractivity contribution < 1.29 is 9.66 Å². The summed E-state index contributed by atoms with van der Waals surface area (Å²) in [5, 5.41) is 23.1. The highest BCUT2D eigenvalue weighted by Gasteiger charge is 2.39. The van der Waals surface area contributed by atoms with Crippen molar-refractivity contribution in [3.63, 3.8) is 0 Å². The summed E-state index contributed by atoms with van der Waals surface area (Å²) < 4.78 is 0.775. The molecular formula is C14H18N2O3. The second-order valence-electron chi connectivity index (χ2n) is 5.10. The minimum Gasteiger partial charge on any atom is -0.623 e. The Bertz CT molecular complexity index is 482. The van der Waals surface area contributed by atoms with Crippen molar-refractivity contribution in [2.75, 3.05) is 0 Å². The lowest BCUT2D eigenvalue weighted by Gasteiger charge is -2.24. The van der Waals surface area contributed by atoms with E-state index in [1.807, 2.05) is 31.2 Å². The van der Waals surface area contributed by atoms with E-state index in [4.69, 9.17) is 0 Å². The summed E-state index contributed by atoms with van der Waals surface area (Å²) in [5.74, 6) is 0. The van der Waals surface area contributed by atoms with Gasteiger partial charge in [-0.05, 0) is 31.9 Å². The molecule has 0 N–H and O–H groups in total. The van der Waals surface area contributed by atoms with E-state index in [-0.39, 0.29) is 4.92 Å². The van der Waals surface area contributed by atoms with Crippen molar-refractivity contribution >= 4 is 6.21 Å². The molecule has 0 amide bonds. The van der Waals surface area contributed by atoms with Crippen molar-refractivity contribution in [1.29, 1.82) is 0 Å². The molecule has 0 aromatic heterocycles. The molecule has 2 unspecified atom stereocenters. The monoisotopic (exact) mass is 262 g/mol. The van der Waals surface area contributed by atoms with E-state index in [1.165, 1.54) is 6.21 Å². The maximum Gasteiger partial charge on any atom is 0.274 e. The zero-order valence-electron chi connectivity index (χ0n) is 11.0. The highest BCUT2D eigenvalue weighted by molar-refractivity contribution is 5.75. The molecule has 0 heterocycles. The van der Waals surface area contributed by atoms with E-state index in [9.17, 15) is 15.3 Å². The van der Waals surface area contributed by atoms with Crippen LogP contribution in [0.25, 0.3) is 0 Å². The number of benzene rings is 1. The molecule has 0 radical (unpaired) electrons. The molecule has 19 heavy (non-hydrogen) atoms. The van der Waals surface area contributed by atoms with Gasteiger partial charge in [0.1, 0.15) is 0 Å². The first kappa shape index (κ1) is 13.5. The molecule has 0 spiro atoms. The van der Waals surface area contributed by atoms with Crippen LogP contribution in [0.1, 0.15) is 36.8 Å². The fourth-order valence-electron chi connectivity index (χ4n) is 2.53. The van der Waals surface area contributed by atoms with Crippen LogP contribution in [-0.4, -0.2) is 28.0 Å². The summed E-state index contributed by atoms with van der Waals surface area (Å²) in [4.78, 5) is 10.7. The summed E-state index contributed by atoms with van der Waals surface area (Å²) >= 11 is 0. The first-order chi connectivity index (χ1) is 9.08. The summed E-state index contributed by atoms with van der Waals surface area (Å²) in [6.45, 7) is 1.97. The van der Waals surface area contributed by atoms with Gasteiger partial charge in [0, 0.05) is 23.3 Å². The Hall–Kier alpha value is -1.91. The Morgan fingerprint density at radius 1 is 1.11 bits per heavy atom. The molecule has 0 saturated heterocycles. The quantitative estimate of drug-likeness (QED) is 0.276. The van der Waals surface area contributed by atoms with Crippen LogP contribution in [0.4, 0.5) is 0 Å². The molecule has 1 aliphatic carbocycles. The van der Waals surface area contributed by atoms with Crippen LogP contribution in [0.3, 0.4) is 0 Å². The molecule has 1 saturated carbocycles. The van der Waals surface area contributed by atoms with E-state index in [2.05, 4.69) is 0 Å². The summed E-state index contributed by atoms with van der Waals surface area (Å²) in [6, 6.07) is 6.27. The Morgan fingerprint density at radius 3 is 2.26 bits per heavy atom. The van der Waals surface area contributed by atoms with Crippen LogP contribution in [0, 0.1) is 22.2 Å². The van der Waals surface area contributed by atoms with Gasteiger partial charge in [0.25, 0.3) is 6.04 Å². The van der Waals surface area contributed by atoms with Gasteiger partial charge in [0.15, 0.2) is 6.21 Å². The highest BCUT2D eigenvalue weighted by atomic mass is 16.6. The third kappa shape index (κ3) is 3.30. The molecule has 1 aromatic rings.